The predicted molar refractivity (Wildman–Crippen MR) is 56.9 cm³/mol. The molecule has 66 valence electrons. The first kappa shape index (κ1) is 8.53. The highest BCUT2D eigenvalue weighted by atomic mass is 127. The van der Waals surface area contributed by atoms with E-state index in [-0.39, 0.29) is 0 Å². The van der Waals surface area contributed by atoms with E-state index in [1.807, 2.05) is 6.20 Å². The number of hydrogen-bond donors (Lipinski definition) is 0. The topological polar surface area (TPSA) is 17.8 Å². The maximum atomic E-state index is 4.26. The van der Waals surface area contributed by atoms with Crippen LogP contribution in [0.15, 0.2) is 12.4 Å². The Morgan fingerprint density at radius 1 is 1.58 bits per heavy atom. The predicted octanol–water partition coefficient (Wildman–Crippen LogP) is 2.68. The average Bonchev–Trinajstić information content (AvgIpc) is 2.32. The lowest BCUT2D eigenvalue weighted by molar-refractivity contribution is 0.278. The van der Waals surface area contributed by atoms with Gasteiger partial charge in [-0.1, -0.05) is 19.3 Å². The minimum atomic E-state index is 0.992. The maximum Gasteiger partial charge on any atom is 0.0623 e. The molecule has 1 heterocycles. The third-order valence-corrected chi connectivity index (χ3v) is 3.15. The fourth-order valence-electron chi connectivity index (χ4n) is 1.56. The van der Waals surface area contributed by atoms with E-state index in [1.54, 1.807) is 0 Å². The normalized spacial score (nSPS) is 17.8. The highest BCUT2D eigenvalue weighted by Gasteiger charge is 2.16. The SMILES string of the molecule is Ic1cnn(CCC2CCC2)c1. The van der Waals surface area contributed by atoms with Crippen molar-refractivity contribution in [2.45, 2.75) is 32.2 Å². The van der Waals surface area contributed by atoms with Gasteiger partial charge in [0.25, 0.3) is 0 Å². The highest BCUT2D eigenvalue weighted by molar-refractivity contribution is 14.1. The summed E-state index contributed by atoms with van der Waals surface area (Å²) in [7, 11) is 0. The summed E-state index contributed by atoms with van der Waals surface area (Å²) in [4.78, 5) is 0. The monoisotopic (exact) mass is 276 g/mol. The van der Waals surface area contributed by atoms with Crippen molar-refractivity contribution in [2.24, 2.45) is 5.92 Å². The van der Waals surface area contributed by atoms with E-state index in [0.717, 1.165) is 12.5 Å². The van der Waals surface area contributed by atoms with Crippen molar-refractivity contribution in [3.63, 3.8) is 0 Å². The van der Waals surface area contributed by atoms with Crippen LogP contribution >= 0.6 is 22.6 Å². The second kappa shape index (κ2) is 3.77. The van der Waals surface area contributed by atoms with E-state index >= 15 is 0 Å². The Labute approximate surface area is 86.5 Å². The Kier molecular flexibility index (Phi) is 2.68. The van der Waals surface area contributed by atoms with Gasteiger partial charge < -0.3 is 0 Å². The molecule has 0 saturated heterocycles. The molecule has 2 rings (SSSR count). The number of halogens is 1. The van der Waals surface area contributed by atoms with Gasteiger partial charge >= 0.3 is 0 Å². The number of aromatic nitrogens is 2. The molecule has 1 fully saturated rings. The molecule has 1 saturated carbocycles. The van der Waals surface area contributed by atoms with Crippen LogP contribution < -0.4 is 0 Å². The molecule has 0 amide bonds. The van der Waals surface area contributed by atoms with Gasteiger partial charge in [-0.15, -0.1) is 0 Å². The number of aryl methyl sites for hydroxylation is 1. The molecule has 1 aromatic heterocycles. The molecule has 0 bridgehead atoms. The minimum Gasteiger partial charge on any atom is -0.272 e. The summed E-state index contributed by atoms with van der Waals surface area (Å²) in [6, 6.07) is 0. The zero-order valence-electron chi connectivity index (χ0n) is 7.04. The van der Waals surface area contributed by atoms with Crippen molar-refractivity contribution in [1.82, 2.24) is 9.78 Å². The first-order valence-corrected chi connectivity index (χ1v) is 5.60. The molecular weight excluding hydrogens is 263 g/mol. The Morgan fingerprint density at radius 3 is 2.92 bits per heavy atom. The van der Waals surface area contributed by atoms with Crippen LogP contribution in [0.1, 0.15) is 25.7 Å². The van der Waals surface area contributed by atoms with Crippen molar-refractivity contribution in [2.75, 3.05) is 0 Å². The Bertz CT molecular complexity index is 253. The van der Waals surface area contributed by atoms with Gasteiger partial charge in [-0.2, -0.15) is 5.10 Å². The zero-order valence-corrected chi connectivity index (χ0v) is 9.20. The molecule has 0 unspecified atom stereocenters. The second-order valence-corrected chi connectivity index (χ2v) is 4.75. The van der Waals surface area contributed by atoms with Crippen molar-refractivity contribution in [1.29, 1.82) is 0 Å². The Balaban J connectivity index is 1.79. The van der Waals surface area contributed by atoms with E-state index in [4.69, 9.17) is 0 Å². The third-order valence-electron chi connectivity index (χ3n) is 2.59. The molecule has 3 heteroatoms. The van der Waals surface area contributed by atoms with Crippen LogP contribution in [0.2, 0.25) is 0 Å². The molecule has 0 aromatic carbocycles. The van der Waals surface area contributed by atoms with E-state index in [1.165, 1.54) is 29.3 Å². The Morgan fingerprint density at radius 2 is 2.42 bits per heavy atom. The fourth-order valence-corrected chi connectivity index (χ4v) is 2.00. The highest BCUT2D eigenvalue weighted by Crippen LogP contribution is 2.29. The van der Waals surface area contributed by atoms with Gasteiger partial charge in [-0.3, -0.25) is 4.68 Å². The molecule has 0 N–H and O–H groups in total. The molecule has 1 aromatic rings. The lowest BCUT2D eigenvalue weighted by Gasteiger charge is -2.24. The summed E-state index contributed by atoms with van der Waals surface area (Å²) < 4.78 is 3.29. The lowest BCUT2D eigenvalue weighted by Crippen LogP contribution is -2.13. The van der Waals surface area contributed by atoms with Gasteiger partial charge in [0.1, 0.15) is 0 Å². The van der Waals surface area contributed by atoms with Crippen molar-refractivity contribution < 1.29 is 0 Å². The fraction of sp³-hybridized carbons (Fsp3) is 0.667. The molecule has 0 radical (unpaired) electrons. The average molecular weight is 276 g/mol. The summed E-state index contributed by atoms with van der Waals surface area (Å²) in [6.07, 6.45) is 9.68. The van der Waals surface area contributed by atoms with Crippen LogP contribution in [0, 0.1) is 9.49 Å². The molecule has 0 aliphatic heterocycles. The first-order valence-electron chi connectivity index (χ1n) is 4.52. The van der Waals surface area contributed by atoms with E-state index in [9.17, 15) is 0 Å². The zero-order chi connectivity index (χ0) is 8.39. The first-order chi connectivity index (χ1) is 5.84. The maximum absolute atomic E-state index is 4.26. The van der Waals surface area contributed by atoms with Crippen LogP contribution in [0.25, 0.3) is 0 Å². The third kappa shape index (κ3) is 2.00. The molecule has 1 aliphatic carbocycles. The summed E-state index contributed by atoms with van der Waals surface area (Å²) >= 11 is 2.30. The molecule has 1 aliphatic rings. The Hall–Kier alpha value is -0.0600. The van der Waals surface area contributed by atoms with Crippen LogP contribution in [0.3, 0.4) is 0 Å². The largest absolute Gasteiger partial charge is 0.272 e. The lowest BCUT2D eigenvalue weighted by atomic mass is 9.83. The number of hydrogen-bond acceptors (Lipinski definition) is 1. The molecule has 0 spiro atoms. The summed E-state index contributed by atoms with van der Waals surface area (Å²) in [5.74, 6) is 0.992. The second-order valence-electron chi connectivity index (χ2n) is 3.51. The van der Waals surface area contributed by atoms with Crippen LogP contribution in [-0.4, -0.2) is 9.78 Å². The molecular formula is C9H13IN2. The molecule has 2 nitrogen and oxygen atoms in total. The van der Waals surface area contributed by atoms with Gasteiger partial charge in [0.15, 0.2) is 0 Å². The van der Waals surface area contributed by atoms with Crippen LogP contribution in [-0.2, 0) is 6.54 Å². The molecule has 12 heavy (non-hydrogen) atoms. The van der Waals surface area contributed by atoms with Crippen molar-refractivity contribution in [3.8, 4) is 0 Å². The minimum absolute atomic E-state index is 0.992. The smallest absolute Gasteiger partial charge is 0.0623 e. The van der Waals surface area contributed by atoms with Gasteiger partial charge in [0, 0.05) is 12.7 Å². The summed E-state index contributed by atoms with van der Waals surface area (Å²) in [5, 5.41) is 4.26. The molecule has 0 atom stereocenters. The number of nitrogens with zero attached hydrogens (tertiary/aromatic N) is 2. The van der Waals surface area contributed by atoms with E-state index in [0.29, 0.717) is 0 Å². The standard InChI is InChI=1S/C9H13IN2/c10-9-6-11-12(7-9)5-4-8-2-1-3-8/h6-8H,1-5H2. The van der Waals surface area contributed by atoms with Crippen molar-refractivity contribution in [3.05, 3.63) is 16.0 Å². The van der Waals surface area contributed by atoms with Crippen LogP contribution in [0.4, 0.5) is 0 Å². The van der Waals surface area contributed by atoms with Gasteiger partial charge in [-0.05, 0) is 34.9 Å². The van der Waals surface area contributed by atoms with Gasteiger partial charge in [0.2, 0.25) is 0 Å². The van der Waals surface area contributed by atoms with Crippen LogP contribution in [0.5, 0.6) is 0 Å². The number of rotatable bonds is 3. The quantitative estimate of drug-likeness (QED) is 0.776. The van der Waals surface area contributed by atoms with Crippen molar-refractivity contribution >= 4 is 22.6 Å². The van der Waals surface area contributed by atoms with E-state index in [2.05, 4.69) is 38.6 Å². The summed E-state index contributed by atoms with van der Waals surface area (Å²) in [6.45, 7) is 1.10. The van der Waals surface area contributed by atoms with E-state index < -0.39 is 0 Å². The summed E-state index contributed by atoms with van der Waals surface area (Å²) in [5.41, 5.74) is 0. The van der Waals surface area contributed by atoms with Gasteiger partial charge in [-0.25, -0.2) is 0 Å². The van der Waals surface area contributed by atoms with Gasteiger partial charge in [0.05, 0.1) is 9.77 Å².